The molecule has 0 radical (unpaired) electrons. The number of nitrogens with zero attached hydrogens (tertiary/aromatic N) is 1. The number of alkyl carbamates (subject to hydrolysis) is 1. The second kappa shape index (κ2) is 15.7. The van der Waals surface area contributed by atoms with Gasteiger partial charge in [0.25, 0.3) is 5.91 Å². The van der Waals surface area contributed by atoms with Crippen LogP contribution in [0.15, 0.2) is 67.3 Å². The predicted molar refractivity (Wildman–Crippen MR) is 213 cm³/mol. The average molecular weight is 781 g/mol. The first-order valence-electron chi connectivity index (χ1n) is 18.9. The maximum absolute atomic E-state index is 14.9. The van der Waals surface area contributed by atoms with Gasteiger partial charge in [0.05, 0.1) is 10.00 Å². The summed E-state index contributed by atoms with van der Waals surface area (Å²) < 4.78 is 32.7. The van der Waals surface area contributed by atoms with E-state index < -0.39 is 78.4 Å². The number of rotatable bonds is 14. The number of likely N-dealkylation sites (tertiary alicyclic amines) is 1. The first-order chi connectivity index (χ1) is 25.2. The van der Waals surface area contributed by atoms with Gasteiger partial charge in [0.2, 0.25) is 21.8 Å². The lowest BCUT2D eigenvalue weighted by atomic mass is 9.85. The lowest BCUT2D eigenvalue weighted by Crippen LogP contribution is -2.60. The van der Waals surface area contributed by atoms with E-state index in [-0.39, 0.29) is 19.4 Å². The number of nitrogens with one attached hydrogen (secondary N) is 3. The Morgan fingerprint density at radius 1 is 0.981 bits per heavy atom. The minimum atomic E-state index is -3.89. The Balaban J connectivity index is 1.54. The maximum atomic E-state index is 14.9. The third-order valence-corrected chi connectivity index (χ3v) is 13.7. The van der Waals surface area contributed by atoms with E-state index in [0.29, 0.717) is 12.8 Å². The molecule has 2 aromatic rings. The van der Waals surface area contributed by atoms with Crippen LogP contribution in [-0.4, -0.2) is 77.9 Å². The fourth-order valence-corrected chi connectivity index (χ4v) is 10.00. The minimum Gasteiger partial charge on any atom is -0.444 e. The van der Waals surface area contributed by atoms with Crippen molar-refractivity contribution in [2.24, 2.45) is 11.3 Å². The zero-order valence-electron chi connectivity index (χ0n) is 32.6. The Morgan fingerprint density at radius 3 is 2.15 bits per heavy atom. The Kier molecular flexibility index (Phi) is 12.0. The molecule has 0 bridgehead atoms. The summed E-state index contributed by atoms with van der Waals surface area (Å²) in [6.45, 7) is 16.8. The van der Waals surface area contributed by atoms with Crippen molar-refractivity contribution < 1.29 is 32.3 Å². The molecular weight excluding hydrogens is 725 g/mol. The number of amides is 4. The summed E-state index contributed by atoms with van der Waals surface area (Å²) in [5.74, 6) is -1.56. The SMILES string of the molecule is C=C[C@@H]1C[C@]1(NC(=O)[C@@H]1C[C@@](SCCCC)(c2ccc(-c3ccccc3)cc2)CN1C(=O)[C@@H](NC(=O)OC(C)(C)C)C(C)(C)C)C(=O)NS(=O)(=O)C1CC1. The number of carbonyl (C=O) groups excluding carboxylic acids is 4. The second-order valence-corrected chi connectivity index (χ2v) is 20.4. The molecule has 3 N–H and O–H groups in total. The maximum Gasteiger partial charge on any atom is 0.408 e. The number of benzene rings is 2. The lowest BCUT2D eigenvalue weighted by molar-refractivity contribution is -0.143. The molecule has 1 heterocycles. The fraction of sp³-hybridized carbons (Fsp3) is 0.561. The van der Waals surface area contributed by atoms with Crippen molar-refractivity contribution >= 4 is 45.6 Å². The van der Waals surface area contributed by atoms with E-state index in [4.69, 9.17) is 4.74 Å². The van der Waals surface area contributed by atoms with Gasteiger partial charge in [-0.1, -0.05) is 94.8 Å². The predicted octanol–water partition coefficient (Wildman–Crippen LogP) is 6.29. The van der Waals surface area contributed by atoms with Crippen LogP contribution in [0.3, 0.4) is 0 Å². The van der Waals surface area contributed by atoms with Crippen LogP contribution in [-0.2, 0) is 33.9 Å². The van der Waals surface area contributed by atoms with Crippen LogP contribution in [0.2, 0.25) is 0 Å². The van der Waals surface area contributed by atoms with Crippen LogP contribution < -0.4 is 15.4 Å². The van der Waals surface area contributed by atoms with E-state index >= 15 is 0 Å². The summed E-state index contributed by atoms with van der Waals surface area (Å²) in [6.07, 6.45) is 4.02. The molecule has 2 aliphatic carbocycles. The number of hydrogen-bond donors (Lipinski definition) is 3. The highest BCUT2D eigenvalue weighted by Crippen LogP contribution is 2.50. The van der Waals surface area contributed by atoms with Crippen LogP contribution in [0.25, 0.3) is 11.1 Å². The van der Waals surface area contributed by atoms with Crippen LogP contribution in [0.4, 0.5) is 4.79 Å². The molecule has 5 rings (SSSR count). The Hall–Kier alpha value is -3.84. The first-order valence-corrected chi connectivity index (χ1v) is 21.4. The summed E-state index contributed by atoms with van der Waals surface area (Å²) in [5, 5.41) is 5.08. The topological polar surface area (TPSA) is 151 Å². The number of carbonyl (C=O) groups is 4. The molecule has 3 aliphatic rings. The fourth-order valence-electron chi connectivity index (χ4n) is 7.00. The standard InChI is InChI=1S/C41H56N4O7S2/c1-9-11-23-53-40(30-19-17-28(18-20-30)27-15-13-12-14-16-27)25-32(45(26-40)35(47)33(38(3,4)5)42-37(49)52-39(6,7)8)34(46)43-41(24-29(41)10-2)36(48)44-54(50,51)31-21-22-31/h10,12-20,29,31-33H,2,9,11,21-26H2,1,3-8H3,(H,42,49)(H,43,46)(H,44,48)/t29-,32+,33-,40+,41-/m1/s1. The van der Waals surface area contributed by atoms with Gasteiger partial charge in [-0.15, -0.1) is 18.3 Å². The quantitative estimate of drug-likeness (QED) is 0.150. The molecule has 0 aromatic heterocycles. The van der Waals surface area contributed by atoms with E-state index in [0.717, 1.165) is 35.3 Å². The van der Waals surface area contributed by atoms with Crippen LogP contribution in [0.5, 0.6) is 0 Å². The van der Waals surface area contributed by atoms with E-state index in [9.17, 15) is 27.6 Å². The second-order valence-electron chi connectivity index (χ2n) is 17.0. The molecule has 54 heavy (non-hydrogen) atoms. The van der Waals surface area contributed by atoms with Crippen molar-refractivity contribution in [1.82, 2.24) is 20.3 Å². The monoisotopic (exact) mass is 780 g/mol. The van der Waals surface area contributed by atoms with E-state index in [1.54, 1.807) is 38.6 Å². The molecule has 0 unspecified atom stereocenters. The molecule has 4 amide bonds. The highest BCUT2D eigenvalue weighted by molar-refractivity contribution is 8.00. The van der Waals surface area contributed by atoms with Gasteiger partial charge in [-0.3, -0.25) is 19.1 Å². The van der Waals surface area contributed by atoms with Gasteiger partial charge in [0.15, 0.2) is 0 Å². The molecular formula is C41H56N4O7S2. The Bertz CT molecular complexity index is 1830. The molecule has 13 heteroatoms. The number of hydrogen-bond acceptors (Lipinski definition) is 8. The van der Waals surface area contributed by atoms with Gasteiger partial charge < -0.3 is 20.3 Å². The smallest absolute Gasteiger partial charge is 0.408 e. The lowest BCUT2D eigenvalue weighted by Gasteiger charge is -2.36. The van der Waals surface area contributed by atoms with Gasteiger partial charge in [-0.2, -0.15) is 0 Å². The largest absolute Gasteiger partial charge is 0.444 e. The van der Waals surface area contributed by atoms with Crippen LogP contribution in [0.1, 0.15) is 92.6 Å². The van der Waals surface area contributed by atoms with Crippen molar-refractivity contribution in [2.45, 2.75) is 120 Å². The zero-order chi connectivity index (χ0) is 39.7. The summed E-state index contributed by atoms with van der Waals surface area (Å²) >= 11 is 1.70. The van der Waals surface area contributed by atoms with Gasteiger partial charge in [-0.25, -0.2) is 13.2 Å². The minimum absolute atomic E-state index is 0.158. The Labute approximate surface area is 324 Å². The summed E-state index contributed by atoms with van der Waals surface area (Å²) in [7, 11) is -3.89. The van der Waals surface area contributed by atoms with E-state index in [1.807, 2.05) is 63.2 Å². The third-order valence-electron chi connectivity index (χ3n) is 10.3. The number of sulfonamides is 1. The third kappa shape index (κ3) is 9.33. The van der Waals surface area contributed by atoms with Gasteiger partial charge in [0, 0.05) is 12.5 Å². The average Bonchev–Trinajstić information content (AvgIpc) is 4.03. The van der Waals surface area contributed by atoms with Gasteiger partial charge >= 0.3 is 6.09 Å². The van der Waals surface area contributed by atoms with Crippen molar-refractivity contribution in [3.05, 3.63) is 72.8 Å². The normalized spacial score (nSPS) is 24.6. The van der Waals surface area contributed by atoms with E-state index in [2.05, 4.69) is 41.0 Å². The number of ether oxygens (including phenoxy) is 1. The molecule has 2 aromatic carbocycles. The zero-order valence-corrected chi connectivity index (χ0v) is 34.2. The van der Waals surface area contributed by atoms with Crippen LogP contribution in [0, 0.1) is 11.3 Å². The Morgan fingerprint density at radius 2 is 1.61 bits per heavy atom. The van der Waals surface area contributed by atoms with Crippen LogP contribution >= 0.6 is 11.8 Å². The summed E-state index contributed by atoms with van der Waals surface area (Å²) in [6, 6.07) is 16.1. The molecule has 1 saturated heterocycles. The van der Waals surface area contributed by atoms with Crippen molar-refractivity contribution in [1.29, 1.82) is 0 Å². The molecule has 5 atom stereocenters. The highest BCUT2D eigenvalue weighted by atomic mass is 32.2. The molecule has 294 valence electrons. The van der Waals surface area contributed by atoms with E-state index in [1.165, 1.54) is 4.90 Å². The molecule has 3 fully saturated rings. The van der Waals surface area contributed by atoms with Crippen molar-refractivity contribution in [3.63, 3.8) is 0 Å². The number of unbranched alkanes of at least 4 members (excludes halogenated alkanes) is 1. The first kappa shape index (κ1) is 41.3. The summed E-state index contributed by atoms with van der Waals surface area (Å²) in [5.41, 5.74) is -0.0763. The van der Waals surface area contributed by atoms with Gasteiger partial charge in [-0.05, 0) is 80.7 Å². The van der Waals surface area contributed by atoms with Gasteiger partial charge in [0.1, 0.15) is 23.2 Å². The highest BCUT2D eigenvalue weighted by Gasteiger charge is 2.62. The number of thioether (sulfide) groups is 1. The molecule has 11 nitrogen and oxygen atoms in total. The summed E-state index contributed by atoms with van der Waals surface area (Å²) in [4.78, 5) is 57.9. The van der Waals surface area contributed by atoms with Crippen molar-refractivity contribution in [2.75, 3.05) is 12.3 Å². The van der Waals surface area contributed by atoms with Crippen molar-refractivity contribution in [3.8, 4) is 11.1 Å². The molecule has 2 saturated carbocycles. The molecule has 1 aliphatic heterocycles. The molecule has 0 spiro atoms.